The van der Waals surface area contributed by atoms with E-state index < -0.39 is 0 Å². The van der Waals surface area contributed by atoms with Crippen molar-refractivity contribution in [2.75, 3.05) is 0 Å². The van der Waals surface area contributed by atoms with Crippen molar-refractivity contribution < 1.29 is 4.79 Å². The number of hydrogen-bond acceptors (Lipinski definition) is 5. The van der Waals surface area contributed by atoms with Gasteiger partial charge in [-0.25, -0.2) is 4.57 Å². The van der Waals surface area contributed by atoms with Gasteiger partial charge in [-0.2, -0.15) is 0 Å². The molecule has 2 aromatic heterocycles. The molecule has 8 heteroatoms. The normalized spacial score (nSPS) is 14.9. The molecule has 0 radical (unpaired) electrons. The third-order valence-electron chi connectivity index (χ3n) is 4.98. The molecule has 1 fully saturated rings. The number of hydrogen-bond donors (Lipinski definition) is 1. The van der Waals surface area contributed by atoms with Gasteiger partial charge in [-0.05, 0) is 44.0 Å². The van der Waals surface area contributed by atoms with Crippen LogP contribution < -0.4 is 10.9 Å². The molecule has 1 amide bonds. The van der Waals surface area contributed by atoms with Crippen LogP contribution in [0.2, 0.25) is 0 Å². The lowest BCUT2D eigenvalue weighted by molar-refractivity contribution is -0.120. The van der Waals surface area contributed by atoms with Crippen LogP contribution in [-0.2, 0) is 4.79 Å². The lowest BCUT2D eigenvalue weighted by Gasteiger charge is -2.13. The van der Waals surface area contributed by atoms with E-state index in [0.717, 1.165) is 24.0 Å². The van der Waals surface area contributed by atoms with E-state index in [-0.39, 0.29) is 16.7 Å². The molecule has 0 unspecified atom stereocenters. The molecule has 146 valence electrons. The second kappa shape index (κ2) is 7.04. The van der Waals surface area contributed by atoms with Gasteiger partial charge in [-0.1, -0.05) is 42.1 Å². The highest BCUT2D eigenvalue weighted by Crippen LogP contribution is 2.27. The second-order valence-corrected chi connectivity index (χ2v) is 8.46. The molecule has 1 saturated carbocycles. The third-order valence-corrected chi connectivity index (χ3v) is 6.03. The fourth-order valence-electron chi connectivity index (χ4n) is 3.32. The van der Waals surface area contributed by atoms with Crippen molar-refractivity contribution in [1.82, 2.24) is 24.5 Å². The number of thioether (sulfide) groups is 1. The van der Waals surface area contributed by atoms with Gasteiger partial charge in [0, 0.05) is 6.04 Å². The Labute approximate surface area is 170 Å². The average Bonchev–Trinajstić information content (AvgIpc) is 3.47. The topological polar surface area (TPSA) is 81.3 Å². The molecule has 29 heavy (non-hydrogen) atoms. The Morgan fingerprint density at radius 1 is 1.10 bits per heavy atom. The van der Waals surface area contributed by atoms with Crippen LogP contribution in [-0.4, -0.2) is 36.4 Å². The first-order valence-corrected chi connectivity index (χ1v) is 10.4. The van der Waals surface area contributed by atoms with Crippen molar-refractivity contribution in [1.29, 1.82) is 0 Å². The van der Waals surface area contributed by atoms with Crippen LogP contribution in [0.15, 0.2) is 64.5 Å². The molecule has 4 aromatic rings. The van der Waals surface area contributed by atoms with Gasteiger partial charge < -0.3 is 5.32 Å². The summed E-state index contributed by atoms with van der Waals surface area (Å²) in [6, 6.07) is 17.1. The number of carbonyl (C=O) groups excluding carboxylic acids is 1. The van der Waals surface area contributed by atoms with Gasteiger partial charge in [0.05, 0.1) is 21.8 Å². The fourth-order valence-corrected chi connectivity index (χ4v) is 4.19. The van der Waals surface area contributed by atoms with Crippen LogP contribution in [0.4, 0.5) is 0 Å². The summed E-state index contributed by atoms with van der Waals surface area (Å²) >= 11 is 1.34. The summed E-state index contributed by atoms with van der Waals surface area (Å²) in [5, 5.41) is 12.5. The number of benzene rings is 2. The summed E-state index contributed by atoms with van der Waals surface area (Å²) in [4.78, 5) is 25.6. The number of amides is 1. The fraction of sp³-hybridized carbons (Fsp3) is 0.238. The largest absolute Gasteiger partial charge is 0.352 e. The van der Waals surface area contributed by atoms with Gasteiger partial charge in [0.2, 0.25) is 11.7 Å². The zero-order chi connectivity index (χ0) is 20.0. The molecule has 1 aliphatic rings. The highest BCUT2D eigenvalue weighted by molar-refractivity contribution is 8.00. The zero-order valence-electron chi connectivity index (χ0n) is 15.8. The predicted molar refractivity (Wildman–Crippen MR) is 113 cm³/mol. The van der Waals surface area contributed by atoms with E-state index in [9.17, 15) is 9.59 Å². The third kappa shape index (κ3) is 3.19. The van der Waals surface area contributed by atoms with E-state index in [1.807, 2.05) is 59.9 Å². The molecule has 5 rings (SSSR count). The number of nitrogens with one attached hydrogen (secondary N) is 1. The van der Waals surface area contributed by atoms with Crippen molar-refractivity contribution in [3.63, 3.8) is 0 Å². The molecular weight excluding hydrogens is 386 g/mol. The van der Waals surface area contributed by atoms with E-state index >= 15 is 0 Å². The number of fused-ring (bicyclic) bond motifs is 3. The number of rotatable bonds is 5. The standard InChI is InChI=1S/C21H19N5O2S/c1-13(18(27)22-14-11-12-14)29-21-24-23-20-25(15-7-3-2-4-8-15)19(28)16-9-5-6-10-17(16)26(20)21/h2-10,13-14H,11-12H2,1H3,(H,22,27)/t13-/m1/s1. The molecule has 0 aliphatic heterocycles. The lowest BCUT2D eigenvalue weighted by atomic mass is 10.2. The molecule has 0 bridgehead atoms. The van der Waals surface area contributed by atoms with Gasteiger partial charge in [0.1, 0.15) is 0 Å². The summed E-state index contributed by atoms with van der Waals surface area (Å²) in [6.07, 6.45) is 2.09. The van der Waals surface area contributed by atoms with Crippen molar-refractivity contribution in [2.24, 2.45) is 0 Å². The van der Waals surface area contributed by atoms with Crippen molar-refractivity contribution in [3.05, 3.63) is 65.0 Å². The zero-order valence-corrected chi connectivity index (χ0v) is 16.6. The molecule has 1 aliphatic carbocycles. The summed E-state index contributed by atoms with van der Waals surface area (Å²) in [7, 11) is 0. The molecule has 1 N–H and O–H groups in total. The Kier molecular flexibility index (Phi) is 4.35. The maximum absolute atomic E-state index is 13.2. The summed E-state index contributed by atoms with van der Waals surface area (Å²) in [6.45, 7) is 1.86. The SMILES string of the molecule is C[C@@H](Sc1nnc2n(-c3ccccc3)c(=O)c3ccccc3n12)C(=O)NC1CC1. The highest BCUT2D eigenvalue weighted by Gasteiger charge is 2.27. The number of carbonyl (C=O) groups is 1. The number of aromatic nitrogens is 4. The molecule has 2 heterocycles. The summed E-state index contributed by atoms with van der Waals surface area (Å²) in [5.74, 6) is 0.423. The van der Waals surface area contributed by atoms with Crippen molar-refractivity contribution >= 4 is 34.3 Å². The van der Waals surface area contributed by atoms with Crippen LogP contribution in [0.3, 0.4) is 0 Å². The number of nitrogens with zero attached hydrogens (tertiary/aromatic N) is 4. The summed E-state index contributed by atoms with van der Waals surface area (Å²) < 4.78 is 3.42. The minimum Gasteiger partial charge on any atom is -0.352 e. The van der Waals surface area contributed by atoms with E-state index in [1.165, 1.54) is 11.8 Å². The first-order valence-electron chi connectivity index (χ1n) is 9.55. The average molecular weight is 405 g/mol. The number of para-hydroxylation sites is 2. The van der Waals surface area contributed by atoms with Crippen LogP contribution in [0, 0.1) is 0 Å². The molecule has 0 saturated heterocycles. The monoisotopic (exact) mass is 405 g/mol. The minimum atomic E-state index is -0.320. The van der Waals surface area contributed by atoms with E-state index in [2.05, 4.69) is 15.5 Å². The summed E-state index contributed by atoms with van der Waals surface area (Å²) in [5.41, 5.74) is 1.29. The highest BCUT2D eigenvalue weighted by atomic mass is 32.2. The minimum absolute atomic E-state index is 0.00469. The van der Waals surface area contributed by atoms with Gasteiger partial charge >= 0.3 is 0 Å². The van der Waals surface area contributed by atoms with Gasteiger partial charge in [-0.15, -0.1) is 10.2 Å². The van der Waals surface area contributed by atoms with E-state index in [0.29, 0.717) is 22.4 Å². The van der Waals surface area contributed by atoms with Gasteiger partial charge in [0.25, 0.3) is 5.56 Å². The maximum Gasteiger partial charge on any atom is 0.267 e. The van der Waals surface area contributed by atoms with Crippen LogP contribution in [0.1, 0.15) is 19.8 Å². The lowest BCUT2D eigenvalue weighted by Crippen LogP contribution is -2.32. The maximum atomic E-state index is 13.2. The van der Waals surface area contributed by atoms with E-state index in [4.69, 9.17) is 0 Å². The first-order chi connectivity index (χ1) is 14.1. The Balaban J connectivity index is 1.68. The van der Waals surface area contributed by atoms with Crippen molar-refractivity contribution in [2.45, 2.75) is 36.2 Å². The second-order valence-electron chi connectivity index (χ2n) is 7.15. The predicted octanol–water partition coefficient (Wildman–Crippen LogP) is 2.79. The Hall–Kier alpha value is -3.13. The van der Waals surface area contributed by atoms with Crippen molar-refractivity contribution in [3.8, 4) is 5.69 Å². The Morgan fingerprint density at radius 2 is 1.83 bits per heavy atom. The molecule has 1 atom stereocenters. The first kappa shape index (κ1) is 17.9. The van der Waals surface area contributed by atoms with Gasteiger partial charge in [-0.3, -0.25) is 14.0 Å². The Morgan fingerprint density at radius 3 is 2.59 bits per heavy atom. The molecule has 7 nitrogen and oxygen atoms in total. The van der Waals surface area contributed by atoms with Crippen LogP contribution in [0.5, 0.6) is 0 Å². The smallest absolute Gasteiger partial charge is 0.267 e. The van der Waals surface area contributed by atoms with Crippen LogP contribution >= 0.6 is 11.8 Å². The van der Waals surface area contributed by atoms with Gasteiger partial charge in [0.15, 0.2) is 5.16 Å². The Bertz CT molecular complexity index is 1280. The quantitative estimate of drug-likeness (QED) is 0.517. The molecule has 2 aromatic carbocycles. The molecule has 0 spiro atoms. The van der Waals surface area contributed by atoms with Crippen LogP contribution in [0.25, 0.3) is 22.4 Å². The molecular formula is C21H19N5O2S. The van der Waals surface area contributed by atoms with E-state index in [1.54, 1.807) is 10.6 Å².